The molecule has 4 nitrogen and oxygen atoms in total. The number of phenolic OH excluding ortho intramolecular Hbond substituents is 2. The van der Waals surface area contributed by atoms with Crippen molar-refractivity contribution in [2.45, 2.75) is 32.4 Å². The molecule has 1 aromatic carbocycles. The minimum absolute atomic E-state index is 0.244. The summed E-state index contributed by atoms with van der Waals surface area (Å²) in [6.07, 6.45) is -2.67. The van der Waals surface area contributed by atoms with Crippen LogP contribution in [-0.4, -0.2) is 27.4 Å². The van der Waals surface area contributed by atoms with Gasteiger partial charge in [-0.2, -0.15) is 0 Å². The maximum Gasteiger partial charge on any atom is 0.119 e. The molecule has 0 radical (unpaired) electrons. The minimum Gasteiger partial charge on any atom is -0.508 e. The number of aliphatic hydroxyl groups is 1. The molecule has 0 saturated carbocycles. The lowest BCUT2D eigenvalue weighted by Crippen LogP contribution is -2.38. The zero-order valence-electron chi connectivity index (χ0n) is 12.6. The van der Waals surface area contributed by atoms with Crippen molar-refractivity contribution in [1.29, 1.82) is 0 Å². The van der Waals surface area contributed by atoms with E-state index < -0.39 is 18.1 Å². The van der Waals surface area contributed by atoms with Crippen LogP contribution in [0.2, 0.25) is 0 Å². The monoisotopic (exact) mass is 228 g/mol. The van der Waals surface area contributed by atoms with E-state index in [0.717, 1.165) is 18.2 Å². The van der Waals surface area contributed by atoms with Crippen LogP contribution in [0, 0.1) is 0 Å². The molecule has 1 aromatic rings. The largest absolute Gasteiger partial charge is 0.508 e. The number of nitrogens with one attached hydrogen (secondary N) is 1. The lowest BCUT2D eigenvalue weighted by molar-refractivity contribution is 0.162. The van der Waals surface area contributed by atoms with Gasteiger partial charge >= 0.3 is 0 Å². The van der Waals surface area contributed by atoms with Crippen LogP contribution >= 0.6 is 0 Å². The van der Waals surface area contributed by atoms with E-state index >= 15 is 0 Å². The molecular formula is C12H19NO3. The van der Waals surface area contributed by atoms with Gasteiger partial charge in [0.05, 0.1) is 7.45 Å². The number of rotatable bonds is 3. The number of aromatic hydroxyl groups is 2. The molecule has 0 bridgehead atoms. The van der Waals surface area contributed by atoms with E-state index in [1.807, 2.05) is 0 Å². The van der Waals surface area contributed by atoms with Gasteiger partial charge in [0.1, 0.15) is 11.5 Å². The SMILES string of the molecule is [2H]C([2H])(NC(C)(C)C)C([2H])(O)c1cc(O)cc(O)c1. The molecule has 0 amide bonds. The standard InChI is InChI=1S/C12H19NO3/c1-12(2,3)13-7-11(16)8-4-9(14)6-10(15)5-8/h4-6,11,13-16H,7H2,1-3H3/i7D2,11D. The first-order valence-electron chi connectivity index (χ1n) is 6.40. The summed E-state index contributed by atoms with van der Waals surface area (Å²) >= 11 is 0. The molecule has 90 valence electrons. The van der Waals surface area contributed by atoms with E-state index in [1.54, 1.807) is 20.8 Å². The number of β-amino-alcohol motifs (C(OH)–C–C–N with tert-alkyl or cyclic N) is 1. The van der Waals surface area contributed by atoms with Gasteiger partial charge in [0, 0.05) is 20.8 Å². The molecule has 0 saturated heterocycles. The molecule has 1 unspecified atom stereocenters. The van der Waals surface area contributed by atoms with E-state index in [1.165, 1.54) is 0 Å². The third kappa shape index (κ3) is 4.08. The summed E-state index contributed by atoms with van der Waals surface area (Å²) < 4.78 is 23.5. The van der Waals surface area contributed by atoms with E-state index in [2.05, 4.69) is 5.32 Å². The first-order valence-corrected chi connectivity index (χ1v) is 4.90. The highest BCUT2D eigenvalue weighted by Crippen LogP contribution is 2.24. The Morgan fingerprint density at radius 2 is 1.81 bits per heavy atom. The highest BCUT2D eigenvalue weighted by molar-refractivity contribution is 5.37. The molecule has 0 aliphatic carbocycles. The number of hydrogen-bond acceptors (Lipinski definition) is 4. The normalized spacial score (nSPS) is 19.4. The Morgan fingerprint density at radius 3 is 2.25 bits per heavy atom. The molecule has 0 aliphatic heterocycles. The van der Waals surface area contributed by atoms with Crippen LogP contribution in [-0.2, 0) is 0 Å². The smallest absolute Gasteiger partial charge is 0.119 e. The lowest BCUT2D eigenvalue weighted by atomic mass is 10.1. The van der Waals surface area contributed by atoms with Crippen molar-refractivity contribution < 1.29 is 19.4 Å². The molecule has 4 heteroatoms. The topological polar surface area (TPSA) is 72.7 Å². The third-order valence-corrected chi connectivity index (χ3v) is 1.73. The maximum absolute atomic E-state index is 10.1. The van der Waals surface area contributed by atoms with Crippen molar-refractivity contribution in [2.75, 3.05) is 6.50 Å². The summed E-state index contributed by atoms with van der Waals surface area (Å²) in [5.41, 5.74) is -0.913. The van der Waals surface area contributed by atoms with Crippen LogP contribution in [0.5, 0.6) is 11.5 Å². The summed E-state index contributed by atoms with van der Waals surface area (Å²) in [6, 6.07) is 3.11. The fraction of sp³-hybridized carbons (Fsp3) is 0.500. The molecule has 0 aromatic heterocycles. The van der Waals surface area contributed by atoms with Crippen molar-refractivity contribution >= 4 is 0 Å². The van der Waals surface area contributed by atoms with Gasteiger partial charge < -0.3 is 20.6 Å². The summed E-state index contributed by atoms with van der Waals surface area (Å²) in [5, 5.41) is 31.4. The number of benzene rings is 1. The van der Waals surface area contributed by atoms with Gasteiger partial charge in [0.25, 0.3) is 0 Å². The van der Waals surface area contributed by atoms with Gasteiger partial charge in [0.2, 0.25) is 0 Å². The van der Waals surface area contributed by atoms with Crippen LogP contribution in [0.3, 0.4) is 0 Å². The average molecular weight is 228 g/mol. The van der Waals surface area contributed by atoms with Gasteiger partial charge in [-0.1, -0.05) is 0 Å². The Kier molecular flexibility index (Phi) is 2.61. The lowest BCUT2D eigenvalue weighted by Gasteiger charge is -2.23. The fourth-order valence-electron chi connectivity index (χ4n) is 1.05. The fourth-order valence-corrected chi connectivity index (χ4v) is 1.05. The zero-order valence-corrected chi connectivity index (χ0v) is 9.57. The van der Waals surface area contributed by atoms with Crippen LogP contribution in [0.1, 0.15) is 36.5 Å². The van der Waals surface area contributed by atoms with Crippen molar-refractivity contribution in [2.24, 2.45) is 0 Å². The highest BCUT2D eigenvalue weighted by Gasteiger charge is 2.14. The summed E-state index contributed by atoms with van der Waals surface area (Å²) in [5.74, 6) is -0.709. The van der Waals surface area contributed by atoms with Crippen molar-refractivity contribution in [3.63, 3.8) is 0 Å². The second-order valence-corrected chi connectivity index (χ2v) is 4.59. The Bertz CT molecular complexity index is 450. The Labute approximate surface area is 99.8 Å². The van der Waals surface area contributed by atoms with Crippen LogP contribution < -0.4 is 5.32 Å². The van der Waals surface area contributed by atoms with Crippen LogP contribution in [0.4, 0.5) is 0 Å². The molecule has 1 rings (SSSR count). The quantitative estimate of drug-likeness (QED) is 0.633. The molecule has 0 spiro atoms. The van der Waals surface area contributed by atoms with E-state index in [0.29, 0.717) is 0 Å². The van der Waals surface area contributed by atoms with Crippen LogP contribution in [0.25, 0.3) is 0 Å². The van der Waals surface area contributed by atoms with Crippen LogP contribution in [0.15, 0.2) is 18.2 Å². The van der Waals surface area contributed by atoms with E-state index in [9.17, 15) is 15.3 Å². The molecule has 1 atom stereocenters. The first-order chi connectivity index (χ1) is 8.35. The first kappa shape index (κ1) is 8.84. The summed E-state index contributed by atoms with van der Waals surface area (Å²) in [7, 11) is 0. The number of hydrogen-bond donors (Lipinski definition) is 4. The van der Waals surface area contributed by atoms with Gasteiger partial charge in [-0.05, 0) is 38.5 Å². The van der Waals surface area contributed by atoms with Crippen molar-refractivity contribution in [3.8, 4) is 11.5 Å². The third-order valence-electron chi connectivity index (χ3n) is 1.73. The molecular weight excluding hydrogens is 206 g/mol. The average Bonchev–Trinajstić information content (AvgIpc) is 2.11. The van der Waals surface area contributed by atoms with Gasteiger partial charge in [-0.25, -0.2) is 0 Å². The van der Waals surface area contributed by atoms with Crippen molar-refractivity contribution in [3.05, 3.63) is 23.8 Å². The second kappa shape index (κ2) is 4.72. The van der Waals surface area contributed by atoms with E-state index in [4.69, 9.17) is 4.11 Å². The van der Waals surface area contributed by atoms with E-state index in [-0.39, 0.29) is 17.1 Å². The number of phenols is 2. The van der Waals surface area contributed by atoms with Gasteiger partial charge in [-0.15, -0.1) is 0 Å². The Morgan fingerprint density at radius 1 is 1.31 bits per heavy atom. The predicted octanol–water partition coefficient (Wildman–Crippen LogP) is 1.52. The zero-order chi connectivity index (χ0) is 15.1. The summed E-state index contributed by atoms with van der Waals surface area (Å²) in [6.45, 7) is 2.61. The molecule has 0 aliphatic rings. The maximum atomic E-state index is 10.1. The minimum atomic E-state index is -2.67. The van der Waals surface area contributed by atoms with Gasteiger partial charge in [-0.3, -0.25) is 0 Å². The molecule has 0 fully saturated rings. The Balaban J connectivity index is 3.21. The summed E-state index contributed by atoms with van der Waals surface area (Å²) in [4.78, 5) is 0. The molecule has 0 heterocycles. The van der Waals surface area contributed by atoms with Gasteiger partial charge in [0.15, 0.2) is 0 Å². The molecule has 16 heavy (non-hydrogen) atoms. The molecule has 4 N–H and O–H groups in total. The Hall–Kier alpha value is -1.26. The second-order valence-electron chi connectivity index (χ2n) is 4.59. The predicted molar refractivity (Wildman–Crippen MR) is 62.5 cm³/mol. The van der Waals surface area contributed by atoms with Crippen molar-refractivity contribution in [1.82, 2.24) is 5.32 Å². The highest BCUT2D eigenvalue weighted by atomic mass is 16.3.